The van der Waals surface area contributed by atoms with E-state index in [2.05, 4.69) is 5.32 Å². The average molecular weight is 217 g/mol. The molecule has 0 fully saturated rings. The van der Waals surface area contributed by atoms with Crippen molar-refractivity contribution in [3.05, 3.63) is 59.9 Å². The van der Waals surface area contributed by atoms with E-state index in [1.165, 1.54) is 6.07 Å². The second kappa shape index (κ2) is 4.66. The number of aromatic hydroxyl groups is 1. The summed E-state index contributed by atoms with van der Waals surface area (Å²) in [7, 11) is 0. The van der Waals surface area contributed by atoms with Crippen molar-refractivity contribution in [2.45, 2.75) is 6.54 Å². The van der Waals surface area contributed by atoms with Gasteiger partial charge in [-0.2, -0.15) is 0 Å². The summed E-state index contributed by atoms with van der Waals surface area (Å²) in [6.45, 7) is 0.396. The van der Waals surface area contributed by atoms with Gasteiger partial charge in [-0.3, -0.25) is 0 Å². The number of halogens is 1. The van der Waals surface area contributed by atoms with Crippen LogP contribution in [0.3, 0.4) is 0 Å². The van der Waals surface area contributed by atoms with Gasteiger partial charge in [0.1, 0.15) is 11.6 Å². The Kier molecular flexibility index (Phi) is 3.05. The van der Waals surface area contributed by atoms with Crippen LogP contribution in [-0.4, -0.2) is 5.11 Å². The fourth-order valence-corrected chi connectivity index (χ4v) is 1.46. The largest absolute Gasteiger partial charge is 0.508 e. The Morgan fingerprint density at radius 1 is 1.00 bits per heavy atom. The maximum atomic E-state index is 13.3. The average Bonchev–Trinajstić information content (AvgIpc) is 2.30. The summed E-state index contributed by atoms with van der Waals surface area (Å²) in [5, 5.41) is 12.5. The van der Waals surface area contributed by atoms with E-state index in [-0.39, 0.29) is 11.6 Å². The molecule has 0 aliphatic carbocycles. The van der Waals surface area contributed by atoms with Crippen LogP contribution >= 0.6 is 0 Å². The third-order valence-corrected chi connectivity index (χ3v) is 2.33. The van der Waals surface area contributed by atoms with E-state index in [9.17, 15) is 9.50 Å². The number of benzene rings is 2. The Labute approximate surface area is 93.4 Å². The van der Waals surface area contributed by atoms with E-state index >= 15 is 0 Å². The molecule has 0 spiro atoms. The quantitative estimate of drug-likeness (QED) is 0.827. The monoisotopic (exact) mass is 217 g/mol. The second-order valence-corrected chi connectivity index (χ2v) is 3.46. The number of rotatable bonds is 3. The lowest BCUT2D eigenvalue weighted by atomic mass is 10.2. The van der Waals surface area contributed by atoms with Crippen LogP contribution in [0.25, 0.3) is 0 Å². The summed E-state index contributed by atoms with van der Waals surface area (Å²) < 4.78 is 13.3. The summed E-state index contributed by atoms with van der Waals surface area (Å²) >= 11 is 0. The van der Waals surface area contributed by atoms with Gasteiger partial charge in [0.15, 0.2) is 0 Å². The van der Waals surface area contributed by atoms with Crippen LogP contribution in [0.2, 0.25) is 0 Å². The minimum absolute atomic E-state index is 0.214. The zero-order valence-electron chi connectivity index (χ0n) is 8.65. The van der Waals surface area contributed by atoms with Crippen LogP contribution in [0, 0.1) is 5.82 Å². The Hall–Kier alpha value is -2.03. The molecule has 0 amide bonds. The maximum absolute atomic E-state index is 13.3. The van der Waals surface area contributed by atoms with E-state index in [1.807, 2.05) is 6.07 Å². The lowest BCUT2D eigenvalue weighted by molar-refractivity contribution is 0.469. The van der Waals surface area contributed by atoms with Crippen molar-refractivity contribution in [3.63, 3.8) is 0 Å². The first kappa shape index (κ1) is 10.5. The van der Waals surface area contributed by atoms with Gasteiger partial charge in [0, 0.05) is 12.1 Å². The molecule has 0 radical (unpaired) electrons. The highest BCUT2D eigenvalue weighted by molar-refractivity contribution is 5.46. The molecule has 3 heteroatoms. The number of phenolic OH excluding ortho intramolecular Hbond substituents is 1. The molecule has 0 unspecified atom stereocenters. The summed E-state index contributed by atoms with van der Waals surface area (Å²) in [6.07, 6.45) is 0. The summed E-state index contributed by atoms with van der Waals surface area (Å²) in [6, 6.07) is 13.4. The molecule has 16 heavy (non-hydrogen) atoms. The molecule has 2 N–H and O–H groups in total. The smallest absolute Gasteiger partial charge is 0.146 e. The number of nitrogens with one attached hydrogen (secondary N) is 1. The van der Waals surface area contributed by atoms with Gasteiger partial charge < -0.3 is 10.4 Å². The third kappa shape index (κ3) is 2.31. The first-order chi connectivity index (χ1) is 7.77. The van der Waals surface area contributed by atoms with E-state index in [4.69, 9.17) is 0 Å². The van der Waals surface area contributed by atoms with Crippen LogP contribution in [0.5, 0.6) is 5.75 Å². The molecule has 0 saturated carbocycles. The molecule has 0 bridgehead atoms. The molecular weight excluding hydrogens is 205 g/mol. The molecule has 0 atom stereocenters. The van der Waals surface area contributed by atoms with Crippen molar-refractivity contribution >= 4 is 5.69 Å². The Morgan fingerprint density at radius 2 is 1.69 bits per heavy atom. The van der Waals surface area contributed by atoms with Gasteiger partial charge in [-0.05, 0) is 18.2 Å². The number of para-hydroxylation sites is 2. The SMILES string of the molecule is Oc1ccccc1CNc1ccccc1F. The highest BCUT2D eigenvalue weighted by Crippen LogP contribution is 2.18. The van der Waals surface area contributed by atoms with Gasteiger partial charge in [-0.15, -0.1) is 0 Å². The molecule has 2 aromatic carbocycles. The number of hydrogen-bond donors (Lipinski definition) is 2. The number of anilines is 1. The third-order valence-electron chi connectivity index (χ3n) is 2.33. The van der Waals surface area contributed by atoms with E-state index in [0.29, 0.717) is 12.2 Å². The lowest BCUT2D eigenvalue weighted by Crippen LogP contribution is -2.01. The highest BCUT2D eigenvalue weighted by atomic mass is 19.1. The van der Waals surface area contributed by atoms with Crippen LogP contribution < -0.4 is 5.32 Å². The van der Waals surface area contributed by atoms with Crippen LogP contribution in [0.4, 0.5) is 10.1 Å². The van der Waals surface area contributed by atoms with Crippen molar-refractivity contribution in [2.24, 2.45) is 0 Å². The fourth-order valence-electron chi connectivity index (χ4n) is 1.46. The molecule has 0 heterocycles. The fraction of sp³-hybridized carbons (Fsp3) is 0.0769. The van der Waals surface area contributed by atoms with Crippen LogP contribution in [0.1, 0.15) is 5.56 Å². The molecule has 0 aliphatic heterocycles. The molecule has 0 aliphatic rings. The summed E-state index contributed by atoms with van der Waals surface area (Å²) in [5.74, 6) is -0.0794. The first-order valence-electron chi connectivity index (χ1n) is 5.02. The molecule has 2 aromatic rings. The summed E-state index contributed by atoms with van der Waals surface area (Å²) in [5.41, 5.74) is 1.18. The van der Waals surface area contributed by atoms with E-state index in [0.717, 1.165) is 5.56 Å². The van der Waals surface area contributed by atoms with Crippen molar-refractivity contribution in [2.75, 3.05) is 5.32 Å². The molecule has 2 nitrogen and oxygen atoms in total. The topological polar surface area (TPSA) is 32.3 Å². The highest BCUT2D eigenvalue weighted by Gasteiger charge is 2.02. The van der Waals surface area contributed by atoms with Crippen LogP contribution in [-0.2, 0) is 6.54 Å². The molecule has 2 rings (SSSR count). The van der Waals surface area contributed by atoms with Gasteiger partial charge >= 0.3 is 0 Å². The van der Waals surface area contributed by atoms with E-state index < -0.39 is 0 Å². The molecule has 0 aromatic heterocycles. The normalized spacial score (nSPS) is 10.1. The number of phenols is 1. The van der Waals surface area contributed by atoms with Gasteiger partial charge in [0.05, 0.1) is 5.69 Å². The van der Waals surface area contributed by atoms with Crippen molar-refractivity contribution in [1.82, 2.24) is 0 Å². The first-order valence-corrected chi connectivity index (χ1v) is 5.02. The zero-order chi connectivity index (χ0) is 11.4. The molecular formula is C13H12FNO. The minimum Gasteiger partial charge on any atom is -0.508 e. The summed E-state index contributed by atoms with van der Waals surface area (Å²) in [4.78, 5) is 0. The Morgan fingerprint density at radius 3 is 2.44 bits per heavy atom. The Balaban J connectivity index is 2.09. The van der Waals surface area contributed by atoms with E-state index in [1.54, 1.807) is 36.4 Å². The maximum Gasteiger partial charge on any atom is 0.146 e. The minimum atomic E-state index is -0.294. The predicted octanol–water partition coefficient (Wildman–Crippen LogP) is 3.14. The molecule has 82 valence electrons. The standard InChI is InChI=1S/C13H12FNO/c14-11-6-2-3-7-12(11)15-9-10-5-1-4-8-13(10)16/h1-8,15-16H,9H2. The van der Waals surface area contributed by atoms with Gasteiger partial charge in [0.2, 0.25) is 0 Å². The Bertz CT molecular complexity index is 439. The predicted molar refractivity (Wildman–Crippen MR) is 61.8 cm³/mol. The van der Waals surface area contributed by atoms with Crippen molar-refractivity contribution in [3.8, 4) is 5.75 Å². The van der Waals surface area contributed by atoms with Gasteiger partial charge in [-0.1, -0.05) is 30.3 Å². The van der Waals surface area contributed by atoms with Gasteiger partial charge in [-0.25, -0.2) is 4.39 Å². The zero-order valence-corrected chi connectivity index (χ0v) is 8.65. The number of hydrogen-bond acceptors (Lipinski definition) is 2. The lowest BCUT2D eigenvalue weighted by Gasteiger charge is -2.08. The second-order valence-electron chi connectivity index (χ2n) is 3.46. The van der Waals surface area contributed by atoms with Gasteiger partial charge in [0.25, 0.3) is 0 Å². The van der Waals surface area contributed by atoms with Crippen molar-refractivity contribution in [1.29, 1.82) is 0 Å². The van der Waals surface area contributed by atoms with Crippen LogP contribution in [0.15, 0.2) is 48.5 Å². The molecule has 0 saturated heterocycles. The van der Waals surface area contributed by atoms with Crippen molar-refractivity contribution < 1.29 is 9.50 Å².